The van der Waals surface area contributed by atoms with E-state index >= 15 is 0 Å². The number of ether oxygens (including phenoxy) is 1. The highest BCUT2D eigenvalue weighted by molar-refractivity contribution is 9.10. The molecular formula is C16H9BrN2O. The van der Waals surface area contributed by atoms with E-state index in [1.165, 1.54) is 6.20 Å². The zero-order valence-electron chi connectivity index (χ0n) is 10.4. The monoisotopic (exact) mass is 324 g/mol. The van der Waals surface area contributed by atoms with Gasteiger partial charge in [-0.2, -0.15) is 5.26 Å². The van der Waals surface area contributed by atoms with Crippen LogP contribution in [0.2, 0.25) is 0 Å². The fourth-order valence-electron chi connectivity index (χ4n) is 1.93. The van der Waals surface area contributed by atoms with Crippen molar-refractivity contribution in [1.29, 1.82) is 5.26 Å². The molecule has 0 aliphatic rings. The van der Waals surface area contributed by atoms with E-state index in [0.717, 1.165) is 15.4 Å². The summed E-state index contributed by atoms with van der Waals surface area (Å²) in [5.41, 5.74) is 1.23. The van der Waals surface area contributed by atoms with E-state index in [-0.39, 0.29) is 0 Å². The van der Waals surface area contributed by atoms with Crippen LogP contribution in [0.25, 0.3) is 10.9 Å². The number of benzene rings is 2. The van der Waals surface area contributed by atoms with Crippen LogP contribution in [0.1, 0.15) is 5.56 Å². The van der Waals surface area contributed by atoms with Crippen LogP contribution in [0.5, 0.6) is 11.5 Å². The molecule has 0 atom stereocenters. The molecule has 0 unspecified atom stereocenters. The van der Waals surface area contributed by atoms with E-state index in [0.29, 0.717) is 17.1 Å². The van der Waals surface area contributed by atoms with Gasteiger partial charge in [-0.05, 0) is 36.4 Å². The molecule has 2 aromatic carbocycles. The van der Waals surface area contributed by atoms with Crippen molar-refractivity contribution in [1.82, 2.24) is 4.98 Å². The molecular weight excluding hydrogens is 316 g/mol. The van der Waals surface area contributed by atoms with Crippen molar-refractivity contribution in [3.63, 3.8) is 0 Å². The Bertz CT molecular complexity index is 807. The van der Waals surface area contributed by atoms with E-state index < -0.39 is 0 Å². The van der Waals surface area contributed by atoms with Crippen LogP contribution in [0.15, 0.2) is 59.2 Å². The summed E-state index contributed by atoms with van der Waals surface area (Å²) < 4.78 is 6.86. The van der Waals surface area contributed by atoms with E-state index in [2.05, 4.69) is 27.0 Å². The molecule has 20 heavy (non-hydrogen) atoms. The maximum absolute atomic E-state index is 9.22. The smallest absolute Gasteiger partial charge is 0.156 e. The van der Waals surface area contributed by atoms with Gasteiger partial charge in [-0.1, -0.05) is 28.1 Å². The van der Waals surface area contributed by atoms with Crippen molar-refractivity contribution in [3.05, 3.63) is 64.8 Å². The van der Waals surface area contributed by atoms with Gasteiger partial charge in [-0.3, -0.25) is 4.98 Å². The first kappa shape index (κ1) is 12.6. The van der Waals surface area contributed by atoms with Crippen molar-refractivity contribution >= 4 is 26.8 Å². The highest BCUT2D eigenvalue weighted by atomic mass is 79.9. The summed E-state index contributed by atoms with van der Waals surface area (Å²) in [6.45, 7) is 0. The Morgan fingerprint density at radius 2 is 1.80 bits per heavy atom. The average Bonchev–Trinajstić information content (AvgIpc) is 2.50. The topological polar surface area (TPSA) is 45.9 Å². The summed E-state index contributed by atoms with van der Waals surface area (Å²) in [6, 6.07) is 17.2. The van der Waals surface area contributed by atoms with Gasteiger partial charge in [-0.25, -0.2) is 0 Å². The number of halogens is 1. The van der Waals surface area contributed by atoms with Crippen LogP contribution in [-0.4, -0.2) is 4.98 Å². The SMILES string of the molecule is N#Cc1cnc2ccccc2c1Oc1ccc(Br)cc1. The summed E-state index contributed by atoms with van der Waals surface area (Å²) >= 11 is 3.38. The van der Waals surface area contributed by atoms with Gasteiger partial charge in [0.15, 0.2) is 5.75 Å². The molecule has 3 aromatic rings. The van der Waals surface area contributed by atoms with Crippen molar-refractivity contribution in [3.8, 4) is 17.6 Å². The number of rotatable bonds is 2. The fraction of sp³-hybridized carbons (Fsp3) is 0. The van der Waals surface area contributed by atoms with Crippen LogP contribution >= 0.6 is 15.9 Å². The van der Waals surface area contributed by atoms with Crippen molar-refractivity contribution in [2.45, 2.75) is 0 Å². The second kappa shape index (κ2) is 5.32. The maximum atomic E-state index is 9.22. The largest absolute Gasteiger partial charge is 0.455 e. The number of hydrogen-bond donors (Lipinski definition) is 0. The highest BCUT2D eigenvalue weighted by Crippen LogP contribution is 2.32. The molecule has 3 rings (SSSR count). The minimum absolute atomic E-state index is 0.423. The third-order valence-corrected chi connectivity index (χ3v) is 3.41. The summed E-state index contributed by atoms with van der Waals surface area (Å²) in [7, 11) is 0. The molecule has 1 aromatic heterocycles. The molecule has 0 N–H and O–H groups in total. The summed E-state index contributed by atoms with van der Waals surface area (Å²) in [4.78, 5) is 4.26. The van der Waals surface area contributed by atoms with Gasteiger partial charge in [0.1, 0.15) is 17.4 Å². The predicted octanol–water partition coefficient (Wildman–Crippen LogP) is 4.66. The van der Waals surface area contributed by atoms with Crippen LogP contribution in [0, 0.1) is 11.3 Å². The number of hydrogen-bond acceptors (Lipinski definition) is 3. The van der Waals surface area contributed by atoms with Crippen LogP contribution < -0.4 is 4.74 Å². The summed E-state index contributed by atoms with van der Waals surface area (Å²) in [5, 5.41) is 10.1. The number of nitrogens with zero attached hydrogens (tertiary/aromatic N) is 2. The van der Waals surface area contributed by atoms with E-state index in [9.17, 15) is 5.26 Å². The van der Waals surface area contributed by atoms with E-state index in [4.69, 9.17) is 4.74 Å². The molecule has 0 saturated carbocycles. The van der Waals surface area contributed by atoms with Crippen molar-refractivity contribution in [2.75, 3.05) is 0 Å². The zero-order chi connectivity index (χ0) is 13.9. The lowest BCUT2D eigenvalue weighted by Gasteiger charge is -2.10. The standard InChI is InChI=1S/C16H9BrN2O/c17-12-5-7-13(8-6-12)20-16-11(9-18)10-19-15-4-2-1-3-14(15)16/h1-8,10H. The predicted molar refractivity (Wildman–Crippen MR) is 80.7 cm³/mol. The second-order valence-electron chi connectivity index (χ2n) is 4.19. The summed E-state index contributed by atoms with van der Waals surface area (Å²) in [6.07, 6.45) is 1.54. The second-order valence-corrected chi connectivity index (χ2v) is 5.10. The van der Waals surface area contributed by atoms with Gasteiger partial charge < -0.3 is 4.74 Å². The lowest BCUT2D eigenvalue weighted by Crippen LogP contribution is -1.92. The lowest BCUT2D eigenvalue weighted by atomic mass is 10.1. The molecule has 96 valence electrons. The van der Waals surface area contributed by atoms with E-state index in [1.807, 2.05) is 48.5 Å². The number of nitriles is 1. The maximum Gasteiger partial charge on any atom is 0.156 e. The average molecular weight is 325 g/mol. The van der Waals surface area contributed by atoms with Crippen LogP contribution in [-0.2, 0) is 0 Å². The minimum Gasteiger partial charge on any atom is -0.455 e. The zero-order valence-corrected chi connectivity index (χ0v) is 12.0. The Kier molecular flexibility index (Phi) is 3.36. The first-order valence-corrected chi connectivity index (χ1v) is 6.78. The Morgan fingerprint density at radius 1 is 1.05 bits per heavy atom. The molecule has 0 bridgehead atoms. The Balaban J connectivity index is 2.14. The molecule has 3 nitrogen and oxygen atoms in total. The molecule has 0 spiro atoms. The first-order valence-electron chi connectivity index (χ1n) is 5.99. The molecule has 4 heteroatoms. The number of aromatic nitrogens is 1. The molecule has 0 aliphatic carbocycles. The first-order chi connectivity index (χ1) is 9.78. The van der Waals surface area contributed by atoms with Gasteiger partial charge >= 0.3 is 0 Å². The third kappa shape index (κ3) is 2.36. The number of fused-ring (bicyclic) bond motifs is 1. The molecule has 0 saturated heterocycles. The van der Waals surface area contributed by atoms with E-state index in [1.54, 1.807) is 0 Å². The van der Waals surface area contributed by atoms with Crippen molar-refractivity contribution < 1.29 is 4.74 Å². The minimum atomic E-state index is 0.423. The van der Waals surface area contributed by atoms with Crippen LogP contribution in [0.3, 0.4) is 0 Å². The van der Waals surface area contributed by atoms with Gasteiger partial charge in [0.05, 0.1) is 5.52 Å². The van der Waals surface area contributed by atoms with Gasteiger partial charge in [0.2, 0.25) is 0 Å². The number of para-hydroxylation sites is 1. The molecule has 1 heterocycles. The Labute approximate surface area is 124 Å². The fourth-order valence-corrected chi connectivity index (χ4v) is 2.19. The lowest BCUT2D eigenvalue weighted by molar-refractivity contribution is 0.486. The molecule has 0 fully saturated rings. The van der Waals surface area contributed by atoms with Gasteiger partial charge in [0.25, 0.3) is 0 Å². The van der Waals surface area contributed by atoms with Gasteiger partial charge in [0, 0.05) is 16.1 Å². The van der Waals surface area contributed by atoms with Crippen molar-refractivity contribution in [2.24, 2.45) is 0 Å². The molecule has 0 radical (unpaired) electrons. The normalized spacial score (nSPS) is 10.2. The molecule has 0 aliphatic heterocycles. The van der Waals surface area contributed by atoms with Gasteiger partial charge in [-0.15, -0.1) is 0 Å². The highest BCUT2D eigenvalue weighted by Gasteiger charge is 2.10. The van der Waals surface area contributed by atoms with Crippen LogP contribution in [0.4, 0.5) is 0 Å². The number of pyridine rings is 1. The summed E-state index contributed by atoms with van der Waals surface area (Å²) in [5.74, 6) is 1.22. The molecule has 0 amide bonds. The third-order valence-electron chi connectivity index (χ3n) is 2.88. The Morgan fingerprint density at radius 3 is 2.55 bits per heavy atom. The quantitative estimate of drug-likeness (QED) is 0.688. The Hall–Kier alpha value is -2.38.